The first kappa shape index (κ1) is 14.6. The SMILES string of the molecule is O=C(O)C1CCCC(NCc2ccc(Cl)c(Cl)c2)C1. The summed E-state index contributed by atoms with van der Waals surface area (Å²) in [5, 5.41) is 13.6. The molecule has 0 spiro atoms. The number of rotatable bonds is 4. The molecule has 104 valence electrons. The van der Waals surface area contributed by atoms with E-state index in [1.165, 1.54) is 0 Å². The molecule has 1 aromatic rings. The lowest BCUT2D eigenvalue weighted by atomic mass is 9.86. The van der Waals surface area contributed by atoms with Gasteiger partial charge in [-0.15, -0.1) is 0 Å². The molecule has 0 saturated heterocycles. The van der Waals surface area contributed by atoms with Gasteiger partial charge < -0.3 is 10.4 Å². The van der Waals surface area contributed by atoms with Crippen LogP contribution in [0, 0.1) is 5.92 Å². The van der Waals surface area contributed by atoms with E-state index in [0.29, 0.717) is 23.0 Å². The predicted octanol–water partition coefficient (Wildman–Crippen LogP) is 3.73. The van der Waals surface area contributed by atoms with E-state index in [0.717, 1.165) is 24.8 Å². The summed E-state index contributed by atoms with van der Waals surface area (Å²) >= 11 is 11.8. The van der Waals surface area contributed by atoms with E-state index in [1.54, 1.807) is 6.07 Å². The number of carboxylic acid groups (broad SMARTS) is 1. The average molecular weight is 302 g/mol. The zero-order chi connectivity index (χ0) is 13.8. The largest absolute Gasteiger partial charge is 0.481 e. The van der Waals surface area contributed by atoms with Gasteiger partial charge in [0.05, 0.1) is 16.0 Å². The van der Waals surface area contributed by atoms with Crippen molar-refractivity contribution in [2.24, 2.45) is 5.92 Å². The molecule has 0 amide bonds. The molecule has 2 N–H and O–H groups in total. The second-order valence-electron chi connectivity index (χ2n) is 5.03. The van der Waals surface area contributed by atoms with Crippen molar-refractivity contribution in [3.63, 3.8) is 0 Å². The van der Waals surface area contributed by atoms with Crippen molar-refractivity contribution in [3.8, 4) is 0 Å². The van der Waals surface area contributed by atoms with E-state index < -0.39 is 5.97 Å². The van der Waals surface area contributed by atoms with Crippen molar-refractivity contribution < 1.29 is 9.90 Å². The molecule has 2 unspecified atom stereocenters. The van der Waals surface area contributed by atoms with Crippen LogP contribution in [0.15, 0.2) is 18.2 Å². The van der Waals surface area contributed by atoms with Gasteiger partial charge in [-0.05, 0) is 37.0 Å². The first-order valence-electron chi connectivity index (χ1n) is 6.46. The zero-order valence-corrected chi connectivity index (χ0v) is 12.0. The third kappa shape index (κ3) is 4.10. The minimum absolute atomic E-state index is 0.208. The summed E-state index contributed by atoms with van der Waals surface area (Å²) in [6.07, 6.45) is 3.50. The second-order valence-corrected chi connectivity index (χ2v) is 5.84. The molecular formula is C14H17Cl2NO2. The summed E-state index contributed by atoms with van der Waals surface area (Å²) in [7, 11) is 0. The van der Waals surface area contributed by atoms with Crippen LogP contribution in [0.2, 0.25) is 10.0 Å². The van der Waals surface area contributed by atoms with E-state index in [9.17, 15) is 4.79 Å². The molecule has 0 heterocycles. The Morgan fingerprint density at radius 2 is 2.11 bits per heavy atom. The van der Waals surface area contributed by atoms with Crippen LogP contribution >= 0.6 is 23.2 Å². The second kappa shape index (κ2) is 6.60. The van der Waals surface area contributed by atoms with Crippen LogP contribution in [0.25, 0.3) is 0 Å². The van der Waals surface area contributed by atoms with Gasteiger partial charge in [0.2, 0.25) is 0 Å². The van der Waals surface area contributed by atoms with Crippen molar-refractivity contribution in [2.45, 2.75) is 38.3 Å². The molecule has 1 aliphatic rings. The highest BCUT2D eigenvalue weighted by molar-refractivity contribution is 6.42. The molecule has 1 saturated carbocycles. The molecule has 1 fully saturated rings. The molecule has 2 rings (SSSR count). The van der Waals surface area contributed by atoms with Crippen LogP contribution in [0.1, 0.15) is 31.2 Å². The van der Waals surface area contributed by atoms with Crippen LogP contribution in [0.5, 0.6) is 0 Å². The smallest absolute Gasteiger partial charge is 0.306 e. The van der Waals surface area contributed by atoms with Crippen molar-refractivity contribution in [3.05, 3.63) is 33.8 Å². The van der Waals surface area contributed by atoms with Gasteiger partial charge in [0.15, 0.2) is 0 Å². The minimum Gasteiger partial charge on any atom is -0.481 e. The lowest BCUT2D eigenvalue weighted by molar-refractivity contribution is -0.143. The highest BCUT2D eigenvalue weighted by Crippen LogP contribution is 2.26. The fourth-order valence-electron chi connectivity index (χ4n) is 2.51. The van der Waals surface area contributed by atoms with E-state index in [-0.39, 0.29) is 12.0 Å². The van der Waals surface area contributed by atoms with Gasteiger partial charge in [-0.25, -0.2) is 0 Å². The maximum atomic E-state index is 11.0. The highest BCUT2D eigenvalue weighted by atomic mass is 35.5. The molecule has 0 aromatic heterocycles. The lowest BCUT2D eigenvalue weighted by Crippen LogP contribution is -2.36. The summed E-state index contributed by atoms with van der Waals surface area (Å²) in [6.45, 7) is 0.688. The molecule has 0 radical (unpaired) electrons. The predicted molar refractivity (Wildman–Crippen MR) is 76.7 cm³/mol. The summed E-state index contributed by atoms with van der Waals surface area (Å²) < 4.78 is 0. The molecule has 2 atom stereocenters. The molecule has 0 aliphatic heterocycles. The van der Waals surface area contributed by atoms with Crippen molar-refractivity contribution in [1.29, 1.82) is 0 Å². The lowest BCUT2D eigenvalue weighted by Gasteiger charge is -2.27. The number of hydrogen-bond donors (Lipinski definition) is 2. The third-order valence-electron chi connectivity index (χ3n) is 3.60. The molecule has 5 heteroatoms. The minimum atomic E-state index is -0.680. The Kier molecular flexibility index (Phi) is 5.08. The number of carbonyl (C=O) groups is 1. The number of nitrogens with one attached hydrogen (secondary N) is 1. The van der Waals surface area contributed by atoms with Gasteiger partial charge in [-0.3, -0.25) is 4.79 Å². The van der Waals surface area contributed by atoms with Gasteiger partial charge in [0.1, 0.15) is 0 Å². The van der Waals surface area contributed by atoms with Crippen molar-refractivity contribution in [1.82, 2.24) is 5.32 Å². The number of benzene rings is 1. The fraction of sp³-hybridized carbons (Fsp3) is 0.500. The summed E-state index contributed by atoms with van der Waals surface area (Å²) in [5.74, 6) is -0.888. The molecule has 3 nitrogen and oxygen atoms in total. The summed E-state index contributed by atoms with van der Waals surface area (Å²) in [4.78, 5) is 11.0. The Morgan fingerprint density at radius 3 is 2.79 bits per heavy atom. The van der Waals surface area contributed by atoms with Crippen LogP contribution in [0.3, 0.4) is 0 Å². The molecule has 1 aromatic carbocycles. The van der Waals surface area contributed by atoms with Crippen LogP contribution in [-0.2, 0) is 11.3 Å². The van der Waals surface area contributed by atoms with Crippen LogP contribution in [0.4, 0.5) is 0 Å². The highest BCUT2D eigenvalue weighted by Gasteiger charge is 2.26. The molecule has 1 aliphatic carbocycles. The topological polar surface area (TPSA) is 49.3 Å². The van der Waals surface area contributed by atoms with Crippen molar-refractivity contribution >= 4 is 29.2 Å². The summed E-state index contributed by atoms with van der Waals surface area (Å²) in [6, 6.07) is 5.82. The first-order valence-corrected chi connectivity index (χ1v) is 7.22. The quantitative estimate of drug-likeness (QED) is 0.891. The number of hydrogen-bond acceptors (Lipinski definition) is 2. The molecule has 19 heavy (non-hydrogen) atoms. The van der Waals surface area contributed by atoms with Gasteiger partial charge in [0.25, 0.3) is 0 Å². The monoisotopic (exact) mass is 301 g/mol. The van der Waals surface area contributed by atoms with Crippen LogP contribution < -0.4 is 5.32 Å². The van der Waals surface area contributed by atoms with Crippen LogP contribution in [-0.4, -0.2) is 17.1 Å². The summed E-state index contributed by atoms with van der Waals surface area (Å²) in [5.41, 5.74) is 1.06. The standard InChI is InChI=1S/C14H17Cl2NO2/c15-12-5-4-9(6-13(12)16)8-17-11-3-1-2-10(7-11)14(18)19/h4-6,10-11,17H,1-3,7-8H2,(H,18,19). The third-order valence-corrected chi connectivity index (χ3v) is 4.34. The van der Waals surface area contributed by atoms with E-state index in [4.69, 9.17) is 28.3 Å². The Labute approximate surface area is 122 Å². The van der Waals surface area contributed by atoms with Gasteiger partial charge in [-0.2, -0.15) is 0 Å². The maximum absolute atomic E-state index is 11.0. The normalized spacial score (nSPS) is 23.3. The number of carboxylic acids is 1. The van der Waals surface area contributed by atoms with Gasteiger partial charge in [0, 0.05) is 12.6 Å². The number of aliphatic carboxylic acids is 1. The fourth-order valence-corrected chi connectivity index (χ4v) is 2.83. The Hall–Kier alpha value is -0.770. The Morgan fingerprint density at radius 1 is 1.32 bits per heavy atom. The molecular weight excluding hydrogens is 285 g/mol. The Balaban J connectivity index is 1.87. The number of halogens is 2. The Bertz CT molecular complexity index is 465. The zero-order valence-electron chi connectivity index (χ0n) is 10.5. The van der Waals surface area contributed by atoms with Gasteiger partial charge >= 0.3 is 5.97 Å². The van der Waals surface area contributed by atoms with E-state index in [1.807, 2.05) is 12.1 Å². The van der Waals surface area contributed by atoms with Crippen molar-refractivity contribution in [2.75, 3.05) is 0 Å². The first-order chi connectivity index (χ1) is 9.06. The maximum Gasteiger partial charge on any atom is 0.306 e. The van der Waals surface area contributed by atoms with E-state index >= 15 is 0 Å². The van der Waals surface area contributed by atoms with Gasteiger partial charge in [-0.1, -0.05) is 35.7 Å². The average Bonchev–Trinajstić information content (AvgIpc) is 2.40. The van der Waals surface area contributed by atoms with E-state index in [2.05, 4.69) is 5.32 Å². The molecule has 0 bridgehead atoms.